The smallest absolute Gasteiger partial charge is 0.341 e. The minimum absolute atomic E-state index is 0.0157. The number of halogens is 1. The Bertz CT molecular complexity index is 973. The molecule has 1 aromatic carbocycles. The maximum Gasteiger partial charge on any atom is 0.341 e. The van der Waals surface area contributed by atoms with E-state index in [-0.39, 0.29) is 17.8 Å². The van der Waals surface area contributed by atoms with E-state index >= 15 is 0 Å². The number of hydrogen-bond acceptors (Lipinski definition) is 6. The summed E-state index contributed by atoms with van der Waals surface area (Å²) in [6.07, 6.45) is 2.15. The molecule has 3 rings (SSSR count). The molecule has 0 saturated heterocycles. The van der Waals surface area contributed by atoms with Gasteiger partial charge in [0.25, 0.3) is 0 Å². The van der Waals surface area contributed by atoms with Crippen LogP contribution in [0.15, 0.2) is 36.7 Å². The van der Waals surface area contributed by atoms with Crippen molar-refractivity contribution in [3.8, 4) is 5.75 Å². The fraction of sp³-hybridized carbons (Fsp3) is 0.278. The zero-order valence-electron chi connectivity index (χ0n) is 14.8. The van der Waals surface area contributed by atoms with Crippen molar-refractivity contribution in [1.29, 1.82) is 0 Å². The van der Waals surface area contributed by atoms with Crippen molar-refractivity contribution >= 4 is 17.4 Å². The Morgan fingerprint density at radius 3 is 2.85 bits per heavy atom. The first kappa shape index (κ1) is 18.6. The summed E-state index contributed by atoms with van der Waals surface area (Å²) < 4.78 is 20.6. The van der Waals surface area contributed by atoms with Crippen LogP contribution in [0.3, 0.4) is 0 Å². The third kappa shape index (κ3) is 4.14. The molecule has 0 unspecified atom stereocenters. The summed E-state index contributed by atoms with van der Waals surface area (Å²) in [6.45, 7) is 3.47. The summed E-state index contributed by atoms with van der Waals surface area (Å²) in [5.74, 6) is -0.699. The van der Waals surface area contributed by atoms with E-state index in [1.165, 1.54) is 28.9 Å². The van der Waals surface area contributed by atoms with Crippen LogP contribution in [0, 0.1) is 5.82 Å². The molecule has 2 heterocycles. The molecule has 8 nitrogen and oxygen atoms in total. The van der Waals surface area contributed by atoms with Gasteiger partial charge in [0.2, 0.25) is 0 Å². The molecule has 27 heavy (non-hydrogen) atoms. The Hall–Kier alpha value is -3.20. The molecule has 3 aromatic rings. The maximum absolute atomic E-state index is 13.7. The normalized spacial score (nSPS) is 13.3. The first-order chi connectivity index (χ1) is 12.8. The summed E-state index contributed by atoms with van der Waals surface area (Å²) in [5, 5.41) is 25.6. The molecule has 142 valence electrons. The van der Waals surface area contributed by atoms with Gasteiger partial charge < -0.3 is 20.3 Å². The molecule has 0 aliphatic rings. The molecule has 0 aliphatic heterocycles. The molecule has 2 aromatic heterocycles. The number of benzene rings is 1. The van der Waals surface area contributed by atoms with Gasteiger partial charge in [-0.3, -0.25) is 0 Å². The summed E-state index contributed by atoms with van der Waals surface area (Å²) in [4.78, 5) is 15.5. The second kappa shape index (κ2) is 7.58. The van der Waals surface area contributed by atoms with Crippen molar-refractivity contribution < 1.29 is 24.1 Å². The number of rotatable bonds is 7. The molecule has 0 fully saturated rings. The zero-order chi connectivity index (χ0) is 19.6. The predicted molar refractivity (Wildman–Crippen MR) is 95.6 cm³/mol. The SMILES string of the molecule is C[C@@H](O)COc1ccc(F)cc1[C@@H](C)Nc1ccn2ncc(C(=O)O)c2n1. The van der Waals surface area contributed by atoms with E-state index in [9.17, 15) is 19.4 Å². The molecular formula is C18H19FN4O4. The number of fused-ring (bicyclic) bond motifs is 1. The van der Waals surface area contributed by atoms with E-state index in [4.69, 9.17) is 4.74 Å². The van der Waals surface area contributed by atoms with Gasteiger partial charge in [-0.25, -0.2) is 18.7 Å². The molecule has 2 atom stereocenters. The Labute approximate surface area is 154 Å². The quantitative estimate of drug-likeness (QED) is 0.583. The Morgan fingerprint density at radius 2 is 2.15 bits per heavy atom. The number of aromatic carboxylic acids is 1. The topological polar surface area (TPSA) is 109 Å². The number of aromatic nitrogens is 3. The predicted octanol–water partition coefficient (Wildman–Crippen LogP) is 2.50. The molecule has 0 aliphatic carbocycles. The first-order valence-electron chi connectivity index (χ1n) is 8.29. The fourth-order valence-electron chi connectivity index (χ4n) is 2.60. The number of carboxylic acids is 1. The number of nitrogens with one attached hydrogen (secondary N) is 1. The van der Waals surface area contributed by atoms with Crippen molar-refractivity contribution in [3.63, 3.8) is 0 Å². The molecule has 0 saturated carbocycles. The van der Waals surface area contributed by atoms with Crippen molar-refractivity contribution in [2.45, 2.75) is 26.0 Å². The number of nitrogens with zero attached hydrogens (tertiary/aromatic N) is 3. The van der Waals surface area contributed by atoms with E-state index in [1.807, 2.05) is 0 Å². The van der Waals surface area contributed by atoms with Crippen LogP contribution in [-0.4, -0.2) is 43.5 Å². The second-order valence-electron chi connectivity index (χ2n) is 6.15. The lowest BCUT2D eigenvalue weighted by Gasteiger charge is -2.19. The van der Waals surface area contributed by atoms with Crippen LogP contribution in [0.5, 0.6) is 5.75 Å². The summed E-state index contributed by atoms with van der Waals surface area (Å²) in [7, 11) is 0. The second-order valence-corrected chi connectivity index (χ2v) is 6.15. The highest BCUT2D eigenvalue weighted by molar-refractivity contribution is 5.94. The molecule has 9 heteroatoms. The standard InChI is InChI=1S/C18H19FN4O4/c1-10(24)9-27-15-4-3-12(19)7-13(15)11(2)21-16-5-6-23-17(22-16)14(8-20-23)18(25)26/h3-8,10-11,24H,9H2,1-2H3,(H,21,22)(H,25,26)/t10-,11-/m1/s1. The van der Waals surface area contributed by atoms with Gasteiger partial charge in [0.05, 0.1) is 18.3 Å². The average Bonchev–Trinajstić information content (AvgIpc) is 3.04. The van der Waals surface area contributed by atoms with Crippen molar-refractivity contribution in [2.75, 3.05) is 11.9 Å². The molecule has 0 bridgehead atoms. The van der Waals surface area contributed by atoms with Crippen molar-refractivity contribution in [3.05, 3.63) is 53.6 Å². The van der Waals surface area contributed by atoms with Gasteiger partial charge in [0.15, 0.2) is 5.65 Å². The van der Waals surface area contributed by atoms with Crippen LogP contribution in [0.1, 0.15) is 35.8 Å². The Morgan fingerprint density at radius 1 is 1.37 bits per heavy atom. The van der Waals surface area contributed by atoms with Gasteiger partial charge >= 0.3 is 5.97 Å². The average molecular weight is 374 g/mol. The molecule has 3 N–H and O–H groups in total. The molecule has 0 amide bonds. The lowest BCUT2D eigenvalue weighted by molar-refractivity contribution is 0.0698. The largest absolute Gasteiger partial charge is 0.491 e. The highest BCUT2D eigenvalue weighted by atomic mass is 19.1. The van der Waals surface area contributed by atoms with Gasteiger partial charge in [-0.2, -0.15) is 5.10 Å². The number of hydrogen-bond donors (Lipinski definition) is 3. The third-order valence-corrected chi connectivity index (χ3v) is 3.88. The Balaban J connectivity index is 1.87. The minimum Gasteiger partial charge on any atom is -0.491 e. The van der Waals surface area contributed by atoms with Crippen LogP contribution >= 0.6 is 0 Å². The van der Waals surface area contributed by atoms with Crippen LogP contribution in [0.4, 0.5) is 10.2 Å². The van der Waals surface area contributed by atoms with E-state index < -0.39 is 23.9 Å². The van der Waals surface area contributed by atoms with Gasteiger partial charge in [-0.05, 0) is 38.1 Å². The van der Waals surface area contributed by atoms with Gasteiger partial charge in [-0.1, -0.05) is 0 Å². The first-order valence-corrected chi connectivity index (χ1v) is 8.29. The summed E-state index contributed by atoms with van der Waals surface area (Å²) >= 11 is 0. The number of carbonyl (C=O) groups is 1. The number of anilines is 1. The third-order valence-electron chi connectivity index (χ3n) is 3.88. The summed E-state index contributed by atoms with van der Waals surface area (Å²) in [6, 6.07) is 5.37. The van der Waals surface area contributed by atoms with Crippen LogP contribution < -0.4 is 10.1 Å². The minimum atomic E-state index is -1.12. The van der Waals surface area contributed by atoms with E-state index in [0.29, 0.717) is 17.1 Å². The van der Waals surface area contributed by atoms with Crippen molar-refractivity contribution in [1.82, 2.24) is 14.6 Å². The number of aliphatic hydroxyl groups excluding tert-OH is 1. The molecule has 0 spiro atoms. The molecule has 0 radical (unpaired) electrons. The van der Waals surface area contributed by atoms with Crippen molar-refractivity contribution in [2.24, 2.45) is 0 Å². The fourth-order valence-corrected chi connectivity index (χ4v) is 2.60. The van der Waals surface area contributed by atoms with Crippen LogP contribution in [0.25, 0.3) is 5.65 Å². The number of aliphatic hydroxyl groups is 1. The van der Waals surface area contributed by atoms with Crippen LogP contribution in [0.2, 0.25) is 0 Å². The van der Waals surface area contributed by atoms with Gasteiger partial charge in [0, 0.05) is 11.8 Å². The van der Waals surface area contributed by atoms with Crippen LogP contribution in [-0.2, 0) is 0 Å². The number of carboxylic acid groups (broad SMARTS) is 1. The lowest BCUT2D eigenvalue weighted by atomic mass is 10.1. The highest BCUT2D eigenvalue weighted by Crippen LogP contribution is 2.28. The van der Waals surface area contributed by atoms with Gasteiger partial charge in [-0.15, -0.1) is 0 Å². The maximum atomic E-state index is 13.7. The van der Waals surface area contributed by atoms with E-state index in [0.717, 1.165) is 0 Å². The zero-order valence-corrected chi connectivity index (χ0v) is 14.8. The lowest BCUT2D eigenvalue weighted by Crippen LogP contribution is -2.16. The van der Waals surface area contributed by atoms with E-state index in [1.54, 1.807) is 26.1 Å². The molecular weight excluding hydrogens is 355 g/mol. The summed E-state index contributed by atoms with van der Waals surface area (Å²) in [5.41, 5.74) is 0.729. The van der Waals surface area contributed by atoms with E-state index in [2.05, 4.69) is 15.4 Å². The van der Waals surface area contributed by atoms with Gasteiger partial charge in [0.1, 0.15) is 29.6 Å². The monoisotopic (exact) mass is 374 g/mol. The Kier molecular flexibility index (Phi) is 5.22. The number of ether oxygens (including phenoxy) is 1. The highest BCUT2D eigenvalue weighted by Gasteiger charge is 2.17.